The molecule has 0 aliphatic carbocycles. The van der Waals surface area contributed by atoms with E-state index in [1.165, 1.54) is 0 Å². The molecule has 192 valence electrons. The van der Waals surface area contributed by atoms with Crippen LogP contribution in [0.5, 0.6) is 5.75 Å². The summed E-state index contributed by atoms with van der Waals surface area (Å²) in [6, 6.07) is 34.9. The lowest BCUT2D eigenvalue weighted by Crippen LogP contribution is -2.07. The van der Waals surface area contributed by atoms with E-state index in [1.54, 1.807) is 24.3 Å². The molecule has 10 heteroatoms. The molecule has 0 amide bonds. The van der Waals surface area contributed by atoms with Crippen LogP contribution in [0.25, 0.3) is 21.5 Å². The molecule has 4 N–H and O–H groups in total. The van der Waals surface area contributed by atoms with Gasteiger partial charge >= 0.3 is 8.25 Å². The minimum Gasteiger partial charge on any atom is -0.426 e. The molecular weight excluding hydrogens is 511 g/mol. The summed E-state index contributed by atoms with van der Waals surface area (Å²) in [5.74, 6) is 1.30. The summed E-state index contributed by atoms with van der Waals surface area (Å²) < 4.78 is 15.8. The van der Waals surface area contributed by atoms with Crippen LogP contribution in [0.2, 0.25) is 0 Å². The second kappa shape index (κ2) is 10.8. The third-order valence-electron chi connectivity index (χ3n) is 5.96. The number of anilines is 6. The van der Waals surface area contributed by atoms with Gasteiger partial charge in [0, 0.05) is 17.1 Å². The summed E-state index contributed by atoms with van der Waals surface area (Å²) in [7, 11) is -3.08. The van der Waals surface area contributed by atoms with Gasteiger partial charge in [0.05, 0.1) is 0 Å². The van der Waals surface area contributed by atoms with Crippen molar-refractivity contribution in [3.05, 3.63) is 109 Å². The van der Waals surface area contributed by atoms with Crippen LogP contribution >= 0.6 is 8.25 Å². The Bertz CT molecular complexity index is 1710. The summed E-state index contributed by atoms with van der Waals surface area (Å²) in [5.41, 5.74) is 2.34. The first-order valence-electron chi connectivity index (χ1n) is 12.1. The zero-order chi connectivity index (χ0) is 26.6. The maximum atomic E-state index is 11.0. The summed E-state index contributed by atoms with van der Waals surface area (Å²) in [6.45, 7) is 0. The zero-order valence-corrected chi connectivity index (χ0v) is 21.5. The first-order valence-corrected chi connectivity index (χ1v) is 13.4. The SMILES string of the molecule is O=[PH](O)Oc1ccc(Nc2nc(Nc3ccc4ccccc4c3)nc(Nc3ccc4ccccc4c3)n2)cc1. The van der Waals surface area contributed by atoms with E-state index in [0.717, 1.165) is 32.9 Å². The van der Waals surface area contributed by atoms with Gasteiger partial charge in [0.15, 0.2) is 0 Å². The smallest absolute Gasteiger partial charge is 0.365 e. The fourth-order valence-corrected chi connectivity index (χ4v) is 4.51. The van der Waals surface area contributed by atoms with Crippen LogP contribution in [-0.2, 0) is 4.57 Å². The van der Waals surface area contributed by atoms with Crippen LogP contribution in [-0.4, -0.2) is 19.8 Å². The van der Waals surface area contributed by atoms with Crippen molar-refractivity contribution in [3.8, 4) is 5.75 Å². The summed E-state index contributed by atoms with van der Waals surface area (Å²) in [4.78, 5) is 22.7. The molecular formula is C29H23N6O3P. The van der Waals surface area contributed by atoms with Gasteiger partial charge in [0.1, 0.15) is 5.75 Å². The van der Waals surface area contributed by atoms with Crippen molar-refractivity contribution in [2.45, 2.75) is 0 Å². The van der Waals surface area contributed by atoms with Gasteiger partial charge in [-0.1, -0.05) is 60.7 Å². The fraction of sp³-hybridized carbons (Fsp3) is 0. The van der Waals surface area contributed by atoms with Gasteiger partial charge in [-0.05, 0) is 70.1 Å². The third kappa shape index (κ3) is 5.96. The van der Waals surface area contributed by atoms with Gasteiger partial charge in [-0.25, -0.2) is 4.57 Å². The highest BCUT2D eigenvalue weighted by atomic mass is 31.1. The van der Waals surface area contributed by atoms with E-state index in [4.69, 9.17) is 9.42 Å². The molecule has 0 aliphatic heterocycles. The lowest BCUT2D eigenvalue weighted by atomic mass is 10.1. The van der Waals surface area contributed by atoms with E-state index in [9.17, 15) is 4.57 Å². The minimum atomic E-state index is -3.08. The molecule has 0 radical (unpaired) electrons. The number of rotatable bonds is 8. The number of nitrogens with one attached hydrogen (secondary N) is 3. The molecule has 9 nitrogen and oxygen atoms in total. The van der Waals surface area contributed by atoms with Crippen LogP contribution in [0.4, 0.5) is 34.9 Å². The number of aromatic nitrogens is 3. The average Bonchev–Trinajstić information content (AvgIpc) is 2.94. The number of hydrogen-bond acceptors (Lipinski definition) is 8. The Hall–Kier alpha value is -4.98. The molecule has 0 spiro atoms. The highest BCUT2D eigenvalue weighted by Gasteiger charge is 2.10. The van der Waals surface area contributed by atoms with Crippen LogP contribution in [0.15, 0.2) is 109 Å². The molecule has 0 saturated carbocycles. The highest BCUT2D eigenvalue weighted by Crippen LogP contribution is 2.27. The van der Waals surface area contributed by atoms with Crippen LogP contribution in [0, 0.1) is 0 Å². The van der Waals surface area contributed by atoms with Crippen LogP contribution in [0.1, 0.15) is 0 Å². The Kier molecular flexibility index (Phi) is 6.74. The van der Waals surface area contributed by atoms with Gasteiger partial charge in [-0.15, -0.1) is 0 Å². The van der Waals surface area contributed by atoms with E-state index in [1.807, 2.05) is 60.7 Å². The monoisotopic (exact) mass is 534 g/mol. The van der Waals surface area contributed by atoms with Crippen molar-refractivity contribution in [2.75, 3.05) is 16.0 Å². The van der Waals surface area contributed by atoms with Gasteiger partial charge in [-0.2, -0.15) is 15.0 Å². The predicted octanol–water partition coefficient (Wildman–Crippen LogP) is 7.17. The fourth-order valence-electron chi connectivity index (χ4n) is 4.17. The van der Waals surface area contributed by atoms with Crippen molar-refractivity contribution in [1.82, 2.24) is 15.0 Å². The van der Waals surface area contributed by atoms with Crippen molar-refractivity contribution in [1.29, 1.82) is 0 Å². The predicted molar refractivity (Wildman–Crippen MR) is 156 cm³/mol. The lowest BCUT2D eigenvalue weighted by Gasteiger charge is -2.12. The van der Waals surface area contributed by atoms with Gasteiger partial charge in [0.25, 0.3) is 0 Å². The minimum absolute atomic E-state index is 0.292. The molecule has 6 aromatic rings. The molecule has 1 unspecified atom stereocenters. The van der Waals surface area contributed by atoms with E-state index in [-0.39, 0.29) is 0 Å². The molecule has 1 aromatic heterocycles. The van der Waals surface area contributed by atoms with E-state index in [2.05, 4.69) is 55.2 Å². The summed E-state index contributed by atoms with van der Waals surface area (Å²) in [6.07, 6.45) is 0. The third-order valence-corrected chi connectivity index (χ3v) is 6.37. The quantitative estimate of drug-likeness (QED) is 0.151. The topological polar surface area (TPSA) is 121 Å². The van der Waals surface area contributed by atoms with Crippen molar-refractivity contribution < 1.29 is 14.0 Å². The Morgan fingerprint density at radius 2 is 0.949 bits per heavy atom. The van der Waals surface area contributed by atoms with E-state index < -0.39 is 8.25 Å². The molecule has 39 heavy (non-hydrogen) atoms. The second-order valence-corrected chi connectivity index (χ2v) is 9.43. The second-order valence-electron chi connectivity index (χ2n) is 8.70. The van der Waals surface area contributed by atoms with Crippen molar-refractivity contribution in [3.63, 3.8) is 0 Å². The molecule has 0 saturated heterocycles. The Morgan fingerprint density at radius 3 is 1.41 bits per heavy atom. The molecule has 0 fully saturated rings. The summed E-state index contributed by atoms with van der Waals surface area (Å²) in [5, 5.41) is 14.2. The Labute approximate surface area is 224 Å². The molecule has 5 aromatic carbocycles. The zero-order valence-electron chi connectivity index (χ0n) is 20.5. The van der Waals surface area contributed by atoms with E-state index >= 15 is 0 Å². The first-order chi connectivity index (χ1) is 19.1. The Balaban J connectivity index is 1.32. The van der Waals surface area contributed by atoms with Gasteiger partial charge in [-0.3, -0.25) is 0 Å². The molecule has 0 aliphatic rings. The molecule has 6 rings (SSSR count). The molecule has 1 heterocycles. The largest absolute Gasteiger partial charge is 0.426 e. The maximum Gasteiger partial charge on any atom is 0.365 e. The van der Waals surface area contributed by atoms with E-state index in [0.29, 0.717) is 29.3 Å². The lowest BCUT2D eigenvalue weighted by molar-refractivity contribution is 0.410. The molecule has 1 atom stereocenters. The average molecular weight is 535 g/mol. The summed E-state index contributed by atoms with van der Waals surface area (Å²) >= 11 is 0. The van der Waals surface area contributed by atoms with Gasteiger partial charge < -0.3 is 25.4 Å². The normalized spacial score (nSPS) is 11.7. The number of nitrogens with zero attached hydrogens (tertiary/aromatic N) is 3. The number of hydrogen-bond donors (Lipinski definition) is 4. The van der Waals surface area contributed by atoms with Crippen LogP contribution in [0.3, 0.4) is 0 Å². The Morgan fingerprint density at radius 1 is 0.538 bits per heavy atom. The highest BCUT2D eigenvalue weighted by molar-refractivity contribution is 7.32. The number of fused-ring (bicyclic) bond motifs is 2. The molecule has 0 bridgehead atoms. The van der Waals surface area contributed by atoms with Crippen molar-refractivity contribution >= 4 is 64.7 Å². The van der Waals surface area contributed by atoms with Crippen molar-refractivity contribution in [2.24, 2.45) is 0 Å². The number of benzene rings is 5. The standard InChI is InChI=1S/C29H23N6O3P/c36-39(37)38-26-15-13-23(14-16-26)30-27-33-28(31-24-11-9-19-5-1-3-7-21(19)17-24)35-29(34-27)32-25-12-10-20-6-2-4-8-22(20)18-25/h1-18,39H,(H,36,37)(H3,30,31,32,33,34,35). The van der Waals surface area contributed by atoms with Gasteiger partial charge in [0.2, 0.25) is 17.8 Å². The first kappa shape index (κ1) is 24.4. The maximum absolute atomic E-state index is 11.0. The van der Waals surface area contributed by atoms with Crippen LogP contribution < -0.4 is 20.5 Å².